The van der Waals surface area contributed by atoms with Gasteiger partial charge in [0.25, 0.3) is 0 Å². The fourth-order valence-electron chi connectivity index (χ4n) is 8.26. The van der Waals surface area contributed by atoms with E-state index in [0.29, 0.717) is 0 Å². The summed E-state index contributed by atoms with van der Waals surface area (Å²) in [5, 5.41) is 6.41. The lowest BCUT2D eigenvalue weighted by atomic mass is 9.75. The molecule has 226 valence electrons. The molecule has 0 saturated heterocycles. The Bertz CT molecular complexity index is 1830. The number of hydrogen-bond donors (Lipinski definition) is 4. The van der Waals surface area contributed by atoms with Crippen LogP contribution in [0.1, 0.15) is 124 Å². The summed E-state index contributed by atoms with van der Waals surface area (Å²) < 4.78 is 0. The van der Waals surface area contributed by atoms with Crippen molar-refractivity contribution >= 4 is 23.9 Å². The Morgan fingerprint density at radius 3 is 1.63 bits per heavy atom. The zero-order valence-corrected chi connectivity index (χ0v) is 27.5. The third-order valence-electron chi connectivity index (χ3n) is 10.5. The number of aromatic amines is 3. The van der Waals surface area contributed by atoms with Gasteiger partial charge in [0.05, 0.1) is 11.4 Å². The number of aromatic nitrogens is 4. The van der Waals surface area contributed by atoms with E-state index >= 15 is 0 Å². The SMILES string of the molecule is CCc1c2[nH]c(c1CC)C=c1[nH]c(c(CC)c1CC)=Cc1[nH]c(c(CC)c1CC)-c1nccc3c1NC(=C2)C3(CC)CC. The van der Waals surface area contributed by atoms with Gasteiger partial charge in [-0.25, -0.2) is 0 Å². The van der Waals surface area contributed by atoms with Crippen LogP contribution in [0.4, 0.5) is 5.69 Å². The number of nitrogens with zero attached hydrogens (tertiary/aromatic N) is 1. The molecule has 0 fully saturated rings. The Labute approximate surface area is 257 Å². The van der Waals surface area contributed by atoms with Gasteiger partial charge < -0.3 is 20.3 Å². The molecule has 4 N–H and O–H groups in total. The van der Waals surface area contributed by atoms with Crippen LogP contribution in [0.2, 0.25) is 0 Å². The van der Waals surface area contributed by atoms with E-state index in [9.17, 15) is 0 Å². The van der Waals surface area contributed by atoms with Crippen molar-refractivity contribution in [3.63, 3.8) is 0 Å². The van der Waals surface area contributed by atoms with E-state index in [1.165, 1.54) is 72.4 Å². The first-order valence-corrected chi connectivity index (χ1v) is 16.8. The van der Waals surface area contributed by atoms with Crippen molar-refractivity contribution in [1.29, 1.82) is 0 Å². The van der Waals surface area contributed by atoms with E-state index in [0.717, 1.165) is 68.4 Å². The van der Waals surface area contributed by atoms with Crippen LogP contribution in [0.15, 0.2) is 18.0 Å². The molecule has 5 nitrogen and oxygen atoms in total. The highest BCUT2D eigenvalue weighted by Crippen LogP contribution is 2.52. The summed E-state index contributed by atoms with van der Waals surface area (Å²) in [4.78, 5) is 16.8. The number of hydrogen-bond acceptors (Lipinski definition) is 2. The van der Waals surface area contributed by atoms with Gasteiger partial charge in [-0.1, -0.05) is 55.4 Å². The zero-order valence-electron chi connectivity index (χ0n) is 27.5. The van der Waals surface area contributed by atoms with Crippen molar-refractivity contribution in [3.05, 3.63) is 84.7 Å². The number of pyridine rings is 1. The fourth-order valence-corrected chi connectivity index (χ4v) is 8.26. The first kappa shape index (κ1) is 29.3. The summed E-state index contributed by atoms with van der Waals surface area (Å²) >= 11 is 0. The lowest BCUT2D eigenvalue weighted by molar-refractivity contribution is 0.489. The molecule has 6 rings (SSSR count). The normalized spacial score (nSPS) is 14.7. The van der Waals surface area contributed by atoms with Crippen molar-refractivity contribution in [2.45, 2.75) is 112 Å². The smallest absolute Gasteiger partial charge is 0.110 e. The van der Waals surface area contributed by atoms with Gasteiger partial charge in [-0.3, -0.25) is 4.98 Å². The molecule has 0 unspecified atom stereocenters. The summed E-state index contributed by atoms with van der Waals surface area (Å²) in [5.74, 6) is 0. The van der Waals surface area contributed by atoms with Crippen LogP contribution in [-0.2, 0) is 43.9 Å². The molecule has 0 spiro atoms. The second-order valence-electron chi connectivity index (χ2n) is 12.2. The molecule has 0 saturated carbocycles. The largest absolute Gasteiger partial charge is 0.356 e. The second-order valence-corrected chi connectivity index (χ2v) is 12.2. The van der Waals surface area contributed by atoms with Gasteiger partial charge in [-0.2, -0.15) is 0 Å². The molecule has 43 heavy (non-hydrogen) atoms. The Hall–Kier alpha value is -3.73. The predicted molar refractivity (Wildman–Crippen MR) is 182 cm³/mol. The monoisotopic (exact) mass is 575 g/mol. The van der Waals surface area contributed by atoms with E-state index in [-0.39, 0.29) is 5.41 Å². The molecule has 6 heterocycles. The molecule has 0 amide bonds. The highest BCUT2D eigenvalue weighted by molar-refractivity contribution is 5.86. The Kier molecular flexibility index (Phi) is 7.78. The van der Waals surface area contributed by atoms with E-state index in [1.54, 1.807) is 0 Å². The molecule has 0 aliphatic carbocycles. The van der Waals surface area contributed by atoms with Crippen molar-refractivity contribution in [2.75, 3.05) is 5.32 Å². The van der Waals surface area contributed by atoms with Crippen molar-refractivity contribution < 1.29 is 0 Å². The number of nitrogens with one attached hydrogen (secondary N) is 4. The van der Waals surface area contributed by atoms with Crippen LogP contribution in [0.5, 0.6) is 0 Å². The van der Waals surface area contributed by atoms with E-state index in [1.807, 2.05) is 6.20 Å². The van der Waals surface area contributed by atoms with Crippen molar-refractivity contribution in [1.82, 2.24) is 19.9 Å². The highest BCUT2D eigenvalue weighted by atomic mass is 15.0. The number of H-pyrrole nitrogens is 3. The zero-order chi connectivity index (χ0) is 30.5. The summed E-state index contributed by atoms with van der Waals surface area (Å²) in [6.07, 6.45) is 17.1. The van der Waals surface area contributed by atoms with Crippen LogP contribution < -0.4 is 16.0 Å². The number of anilines is 1. The molecule has 4 aromatic rings. The average molecular weight is 576 g/mol. The maximum atomic E-state index is 5.07. The van der Waals surface area contributed by atoms with Crippen molar-refractivity contribution in [2.24, 2.45) is 0 Å². The van der Waals surface area contributed by atoms with Gasteiger partial charge in [0.15, 0.2) is 0 Å². The maximum absolute atomic E-state index is 5.07. The molecule has 0 atom stereocenters. The Morgan fingerprint density at radius 1 is 0.581 bits per heavy atom. The lowest BCUT2D eigenvalue weighted by Gasteiger charge is -2.28. The molecule has 8 bridgehead atoms. The van der Waals surface area contributed by atoms with Crippen LogP contribution in [0, 0.1) is 0 Å². The molecule has 0 radical (unpaired) electrons. The molecular formula is C38H49N5. The maximum Gasteiger partial charge on any atom is 0.110 e. The highest BCUT2D eigenvalue weighted by Gasteiger charge is 2.42. The second kappa shape index (κ2) is 11.4. The molecule has 5 heteroatoms. The molecule has 2 aliphatic heterocycles. The summed E-state index contributed by atoms with van der Waals surface area (Å²) in [6.45, 7) is 18.4. The van der Waals surface area contributed by atoms with E-state index < -0.39 is 0 Å². The summed E-state index contributed by atoms with van der Waals surface area (Å²) in [5.41, 5.74) is 18.0. The Morgan fingerprint density at radius 2 is 1.09 bits per heavy atom. The fraction of sp³-hybridized carbons (Fsp3) is 0.447. The minimum absolute atomic E-state index is 0.0890. The van der Waals surface area contributed by atoms with Crippen LogP contribution in [0.25, 0.3) is 29.6 Å². The van der Waals surface area contributed by atoms with Crippen molar-refractivity contribution in [3.8, 4) is 11.4 Å². The minimum atomic E-state index is -0.0890. The van der Waals surface area contributed by atoms with Crippen LogP contribution in [0.3, 0.4) is 0 Å². The predicted octanol–water partition coefficient (Wildman–Crippen LogP) is 7.60. The topological polar surface area (TPSA) is 72.3 Å². The van der Waals surface area contributed by atoms with Gasteiger partial charge in [0.2, 0.25) is 0 Å². The quantitative estimate of drug-likeness (QED) is 0.175. The summed E-state index contributed by atoms with van der Waals surface area (Å²) in [6, 6.07) is 2.25. The third-order valence-corrected chi connectivity index (χ3v) is 10.5. The lowest BCUT2D eigenvalue weighted by Crippen LogP contribution is -2.24. The number of allylic oxidation sites excluding steroid dienone is 1. The summed E-state index contributed by atoms with van der Waals surface area (Å²) in [7, 11) is 0. The van der Waals surface area contributed by atoms with Gasteiger partial charge in [0.1, 0.15) is 5.69 Å². The van der Waals surface area contributed by atoms with Gasteiger partial charge in [0, 0.05) is 45.1 Å². The van der Waals surface area contributed by atoms with E-state index in [4.69, 9.17) is 4.98 Å². The third kappa shape index (κ3) is 4.29. The molecular weight excluding hydrogens is 526 g/mol. The molecule has 4 aromatic heterocycles. The van der Waals surface area contributed by atoms with Crippen LogP contribution >= 0.6 is 0 Å². The van der Waals surface area contributed by atoms with Gasteiger partial charge >= 0.3 is 0 Å². The standard InChI is InChI=1S/C38H49N5/c1-9-22-23(10-2)31-20-32-26(13-5)27(14-6)35(42-32)37-36-28(17-18-39-37)38(15-7,16-8)34(43-36)21-33-25(12-4)24(11-3)30(41-33)19-29(22)40-31/h17-21,40-43H,9-16H2,1-8H3. The number of rotatable bonds is 8. The first-order chi connectivity index (χ1) is 20.9. The Balaban J connectivity index is 1.80. The average Bonchev–Trinajstić information content (AvgIpc) is 3.74. The molecule has 0 aromatic carbocycles. The molecule has 2 aliphatic rings. The van der Waals surface area contributed by atoms with E-state index in [2.05, 4.69) is 100.0 Å². The van der Waals surface area contributed by atoms with Gasteiger partial charge in [-0.05, 0) is 115 Å². The first-order valence-electron chi connectivity index (χ1n) is 16.8. The van der Waals surface area contributed by atoms with Crippen LogP contribution in [-0.4, -0.2) is 19.9 Å². The minimum Gasteiger partial charge on any atom is -0.356 e. The number of fused-ring (bicyclic) bond motifs is 8. The van der Waals surface area contributed by atoms with Gasteiger partial charge in [-0.15, -0.1) is 0 Å².